The quantitative estimate of drug-likeness (QED) is 0.472. The molecule has 1 amide bonds. The summed E-state index contributed by atoms with van der Waals surface area (Å²) in [6, 6.07) is 8.64. The fourth-order valence-electron chi connectivity index (χ4n) is 5.05. The van der Waals surface area contributed by atoms with Gasteiger partial charge >= 0.3 is 0 Å². The van der Waals surface area contributed by atoms with Crippen LogP contribution in [0.3, 0.4) is 0 Å². The Bertz CT molecular complexity index is 1290. The molecule has 2 N–H and O–H groups in total. The first-order chi connectivity index (χ1) is 15.5. The van der Waals surface area contributed by atoms with Crippen LogP contribution in [-0.2, 0) is 0 Å². The maximum absolute atomic E-state index is 13.9. The van der Waals surface area contributed by atoms with Crippen molar-refractivity contribution < 1.29 is 9.18 Å². The highest BCUT2D eigenvalue weighted by molar-refractivity contribution is 5.94. The molecule has 1 aromatic carbocycles. The molecule has 1 fully saturated rings. The maximum Gasteiger partial charge on any atom is 0.269 e. The van der Waals surface area contributed by atoms with Gasteiger partial charge in [-0.3, -0.25) is 9.78 Å². The van der Waals surface area contributed by atoms with Gasteiger partial charge in [0.05, 0.1) is 17.2 Å². The predicted octanol–water partition coefficient (Wildman–Crippen LogP) is 5.08. The van der Waals surface area contributed by atoms with Crippen LogP contribution < -0.4 is 5.32 Å². The highest BCUT2D eigenvalue weighted by atomic mass is 19.1. The molecule has 5 rings (SSSR count). The minimum atomic E-state index is -0.215. The number of pyridine rings is 2. The summed E-state index contributed by atoms with van der Waals surface area (Å²) in [6.45, 7) is 2.22. The second kappa shape index (κ2) is 8.30. The number of imidazole rings is 1. The van der Waals surface area contributed by atoms with Crippen LogP contribution in [0.4, 0.5) is 4.39 Å². The molecule has 6 nitrogen and oxygen atoms in total. The second-order valence-electron chi connectivity index (χ2n) is 8.75. The molecule has 3 heterocycles. The molecule has 1 aliphatic rings. The Labute approximate surface area is 185 Å². The van der Waals surface area contributed by atoms with Gasteiger partial charge in [-0.05, 0) is 73.4 Å². The summed E-state index contributed by atoms with van der Waals surface area (Å²) >= 11 is 0. The lowest BCUT2D eigenvalue weighted by atomic mass is 9.73. The van der Waals surface area contributed by atoms with Crippen molar-refractivity contribution in [3.8, 4) is 0 Å². The van der Waals surface area contributed by atoms with E-state index >= 15 is 0 Å². The number of nitrogens with zero attached hydrogens (tertiary/aromatic N) is 3. The van der Waals surface area contributed by atoms with Crippen LogP contribution in [0.5, 0.6) is 0 Å². The van der Waals surface area contributed by atoms with Gasteiger partial charge in [0, 0.05) is 24.5 Å². The molecule has 3 aromatic heterocycles. The summed E-state index contributed by atoms with van der Waals surface area (Å²) in [7, 11) is 1.59. The normalized spacial score (nSPS) is 19.8. The molecule has 0 unspecified atom stereocenters. The van der Waals surface area contributed by atoms with Gasteiger partial charge in [0.25, 0.3) is 5.91 Å². The molecule has 7 heteroatoms. The number of rotatable bonds is 4. The molecule has 1 saturated carbocycles. The van der Waals surface area contributed by atoms with Crippen molar-refractivity contribution >= 4 is 27.8 Å². The van der Waals surface area contributed by atoms with Crippen molar-refractivity contribution in [3.05, 3.63) is 65.6 Å². The van der Waals surface area contributed by atoms with Crippen LogP contribution in [0.25, 0.3) is 21.9 Å². The zero-order valence-corrected chi connectivity index (χ0v) is 18.2. The molecule has 0 bridgehead atoms. The van der Waals surface area contributed by atoms with Gasteiger partial charge in [0.15, 0.2) is 0 Å². The Hall–Kier alpha value is -3.35. The molecule has 4 aromatic rings. The summed E-state index contributed by atoms with van der Waals surface area (Å²) in [5.41, 5.74) is 4.05. The van der Waals surface area contributed by atoms with Gasteiger partial charge in [-0.1, -0.05) is 6.92 Å². The number of carbonyl (C=O) groups is 1. The first-order valence-corrected chi connectivity index (χ1v) is 11.2. The van der Waals surface area contributed by atoms with E-state index in [9.17, 15) is 9.18 Å². The van der Waals surface area contributed by atoms with Crippen LogP contribution >= 0.6 is 0 Å². The summed E-state index contributed by atoms with van der Waals surface area (Å²) in [4.78, 5) is 28.6. The highest BCUT2D eigenvalue weighted by Crippen LogP contribution is 2.42. The molecule has 0 aliphatic heterocycles. The van der Waals surface area contributed by atoms with E-state index in [0.717, 1.165) is 53.4 Å². The third kappa shape index (κ3) is 3.72. The predicted molar refractivity (Wildman–Crippen MR) is 122 cm³/mol. The first kappa shape index (κ1) is 20.5. The Kier molecular flexibility index (Phi) is 5.33. The number of benzene rings is 1. The monoisotopic (exact) mass is 431 g/mol. The van der Waals surface area contributed by atoms with Crippen LogP contribution in [0.2, 0.25) is 0 Å². The van der Waals surface area contributed by atoms with Gasteiger partial charge in [0.1, 0.15) is 22.9 Å². The molecule has 0 radical (unpaired) electrons. The average molecular weight is 432 g/mol. The van der Waals surface area contributed by atoms with Crippen molar-refractivity contribution in [2.24, 2.45) is 5.92 Å². The van der Waals surface area contributed by atoms with E-state index in [1.54, 1.807) is 31.4 Å². The summed E-state index contributed by atoms with van der Waals surface area (Å²) in [5.74, 6) is 1.73. The van der Waals surface area contributed by atoms with Gasteiger partial charge in [-0.25, -0.2) is 14.4 Å². The minimum Gasteiger partial charge on any atom is -0.354 e. The number of aromatic amines is 1. The zero-order chi connectivity index (χ0) is 22.2. The van der Waals surface area contributed by atoms with Crippen molar-refractivity contribution in [2.45, 2.75) is 44.4 Å². The molecule has 1 aliphatic carbocycles. The smallest absolute Gasteiger partial charge is 0.269 e. The van der Waals surface area contributed by atoms with Gasteiger partial charge in [-0.15, -0.1) is 0 Å². The summed E-state index contributed by atoms with van der Waals surface area (Å²) in [5, 5.41) is 3.53. The van der Waals surface area contributed by atoms with Crippen LogP contribution in [-0.4, -0.2) is 32.9 Å². The van der Waals surface area contributed by atoms with Crippen molar-refractivity contribution in [1.29, 1.82) is 0 Å². The fraction of sp³-hybridized carbons (Fsp3) is 0.360. The summed E-state index contributed by atoms with van der Waals surface area (Å²) in [6.07, 6.45) is 7.78. The Balaban J connectivity index is 1.32. The number of nitrogens with one attached hydrogen (secondary N) is 2. The minimum absolute atomic E-state index is 0.210. The number of hydrogen-bond acceptors (Lipinski definition) is 4. The van der Waals surface area contributed by atoms with E-state index in [0.29, 0.717) is 17.5 Å². The van der Waals surface area contributed by atoms with E-state index in [4.69, 9.17) is 4.98 Å². The molecule has 1 atom stereocenters. The average Bonchev–Trinajstić information content (AvgIpc) is 3.26. The van der Waals surface area contributed by atoms with Gasteiger partial charge in [-0.2, -0.15) is 0 Å². The lowest BCUT2D eigenvalue weighted by Gasteiger charge is -2.32. The van der Waals surface area contributed by atoms with E-state index in [1.165, 1.54) is 11.6 Å². The SMILES string of the molecule is CNC(=O)c1cc2[nH]c([C@H](C)[C@H]3CC[C@@H](c4ccnc5ccc(F)cc54)CC3)nc2cn1. The highest BCUT2D eigenvalue weighted by Gasteiger charge is 2.29. The lowest BCUT2D eigenvalue weighted by Crippen LogP contribution is -2.19. The Morgan fingerprint density at radius 2 is 1.94 bits per heavy atom. The number of hydrogen-bond donors (Lipinski definition) is 2. The molecule has 32 heavy (non-hydrogen) atoms. The third-order valence-corrected chi connectivity index (χ3v) is 6.93. The number of halogens is 1. The molecule has 0 spiro atoms. The fourth-order valence-corrected chi connectivity index (χ4v) is 5.05. The Morgan fingerprint density at radius 3 is 2.72 bits per heavy atom. The van der Waals surface area contributed by atoms with Crippen molar-refractivity contribution in [2.75, 3.05) is 7.05 Å². The molecule has 164 valence electrons. The van der Waals surface area contributed by atoms with E-state index in [2.05, 4.69) is 27.2 Å². The van der Waals surface area contributed by atoms with Crippen LogP contribution in [0.15, 0.2) is 42.7 Å². The molecule has 0 saturated heterocycles. The molecular formula is C25H26FN5O. The second-order valence-corrected chi connectivity index (χ2v) is 8.75. The van der Waals surface area contributed by atoms with Crippen molar-refractivity contribution in [1.82, 2.24) is 25.3 Å². The van der Waals surface area contributed by atoms with Crippen LogP contribution in [0.1, 0.15) is 66.3 Å². The topological polar surface area (TPSA) is 83.6 Å². The largest absolute Gasteiger partial charge is 0.354 e. The number of amides is 1. The number of fused-ring (bicyclic) bond motifs is 2. The maximum atomic E-state index is 13.9. The third-order valence-electron chi connectivity index (χ3n) is 6.93. The number of aromatic nitrogens is 4. The van der Waals surface area contributed by atoms with E-state index in [1.807, 2.05) is 12.3 Å². The van der Waals surface area contributed by atoms with E-state index < -0.39 is 0 Å². The van der Waals surface area contributed by atoms with Crippen LogP contribution in [0, 0.1) is 11.7 Å². The lowest BCUT2D eigenvalue weighted by molar-refractivity contribution is 0.0958. The zero-order valence-electron chi connectivity index (χ0n) is 18.2. The molecular weight excluding hydrogens is 405 g/mol. The van der Waals surface area contributed by atoms with Gasteiger partial charge in [0.2, 0.25) is 0 Å². The van der Waals surface area contributed by atoms with E-state index in [-0.39, 0.29) is 17.6 Å². The number of H-pyrrole nitrogens is 1. The summed E-state index contributed by atoms with van der Waals surface area (Å²) < 4.78 is 13.9. The Morgan fingerprint density at radius 1 is 1.12 bits per heavy atom. The standard InChI is InChI=1S/C25H26FN5O/c1-14(24-30-21-12-22(25(32)27-2)29-13-23(21)31-24)15-3-5-16(6-4-15)18-9-10-28-20-8-7-17(26)11-19(18)20/h7-16H,3-6H2,1-2H3,(H,27,32)(H,30,31)/t14-,15-,16+/m1/s1. The van der Waals surface area contributed by atoms with Gasteiger partial charge < -0.3 is 10.3 Å². The number of carbonyl (C=O) groups excluding carboxylic acids is 1. The first-order valence-electron chi connectivity index (χ1n) is 11.2. The van der Waals surface area contributed by atoms with Crippen molar-refractivity contribution in [3.63, 3.8) is 0 Å².